The Morgan fingerprint density at radius 2 is 2.07 bits per heavy atom. The SMILES string of the molecule is CC(C)C[C@@H]1NC(=O)[C@@H]2C[C@H](NC(=O)Nc3cc(Cl)ccc3Cl)CN2C1=O. The first-order chi connectivity index (χ1) is 12.7. The third kappa shape index (κ3) is 4.47. The number of amides is 4. The van der Waals surface area contributed by atoms with Gasteiger partial charge in [-0.25, -0.2) is 4.79 Å². The van der Waals surface area contributed by atoms with Crippen molar-refractivity contribution in [3.8, 4) is 0 Å². The Labute approximate surface area is 167 Å². The van der Waals surface area contributed by atoms with E-state index < -0.39 is 18.1 Å². The van der Waals surface area contributed by atoms with Crippen molar-refractivity contribution in [2.75, 3.05) is 11.9 Å². The van der Waals surface area contributed by atoms with Gasteiger partial charge in [0.05, 0.1) is 16.8 Å². The van der Waals surface area contributed by atoms with Crippen LogP contribution in [0.4, 0.5) is 10.5 Å². The standard InChI is InChI=1S/C18H22Cl2N4O3/c1-9(2)5-14-17(26)24-8-11(7-15(24)16(25)22-14)21-18(27)23-13-6-10(19)3-4-12(13)20/h3-4,6,9,11,14-15H,5,7-8H2,1-2H3,(H,22,25)(H2,21,23,27)/t11-,14-,15-/m0/s1. The Balaban J connectivity index is 1.62. The summed E-state index contributed by atoms with van der Waals surface area (Å²) in [5, 5.41) is 9.07. The van der Waals surface area contributed by atoms with Crippen LogP contribution in [0.2, 0.25) is 10.0 Å². The molecule has 2 fully saturated rings. The summed E-state index contributed by atoms with van der Waals surface area (Å²) >= 11 is 12.0. The maximum atomic E-state index is 12.6. The van der Waals surface area contributed by atoms with Crippen LogP contribution in [0.25, 0.3) is 0 Å². The fraction of sp³-hybridized carbons (Fsp3) is 0.500. The fourth-order valence-electron chi connectivity index (χ4n) is 3.53. The number of anilines is 1. The summed E-state index contributed by atoms with van der Waals surface area (Å²) in [7, 11) is 0. The zero-order valence-corrected chi connectivity index (χ0v) is 16.6. The van der Waals surface area contributed by atoms with E-state index in [9.17, 15) is 14.4 Å². The molecule has 2 aliphatic heterocycles. The third-order valence-electron chi connectivity index (χ3n) is 4.72. The van der Waals surface area contributed by atoms with Gasteiger partial charge in [0, 0.05) is 11.6 Å². The molecule has 0 spiro atoms. The number of nitrogens with one attached hydrogen (secondary N) is 3. The van der Waals surface area contributed by atoms with E-state index in [-0.39, 0.29) is 17.9 Å². The van der Waals surface area contributed by atoms with Crippen molar-refractivity contribution in [3.05, 3.63) is 28.2 Å². The minimum atomic E-state index is -0.541. The number of fused-ring (bicyclic) bond motifs is 1. The molecular formula is C18H22Cl2N4O3. The number of benzene rings is 1. The highest BCUT2D eigenvalue weighted by Gasteiger charge is 2.46. The summed E-state index contributed by atoms with van der Waals surface area (Å²) < 4.78 is 0. The number of hydrogen-bond donors (Lipinski definition) is 3. The van der Waals surface area contributed by atoms with Crippen LogP contribution in [-0.4, -0.2) is 47.4 Å². The van der Waals surface area contributed by atoms with Crippen molar-refractivity contribution in [1.29, 1.82) is 0 Å². The van der Waals surface area contributed by atoms with E-state index in [4.69, 9.17) is 23.2 Å². The van der Waals surface area contributed by atoms with Gasteiger partial charge < -0.3 is 20.9 Å². The Kier molecular flexibility index (Phi) is 5.81. The van der Waals surface area contributed by atoms with Crippen LogP contribution in [0.15, 0.2) is 18.2 Å². The minimum absolute atomic E-state index is 0.0871. The molecule has 0 unspecified atom stereocenters. The summed E-state index contributed by atoms with van der Waals surface area (Å²) in [4.78, 5) is 38.9. The second kappa shape index (κ2) is 7.94. The van der Waals surface area contributed by atoms with Gasteiger partial charge in [0.1, 0.15) is 12.1 Å². The average molecular weight is 413 g/mol. The van der Waals surface area contributed by atoms with Gasteiger partial charge in [-0.05, 0) is 37.0 Å². The van der Waals surface area contributed by atoms with E-state index >= 15 is 0 Å². The Bertz CT molecular complexity index is 771. The van der Waals surface area contributed by atoms with E-state index in [1.807, 2.05) is 13.8 Å². The molecule has 4 amide bonds. The van der Waals surface area contributed by atoms with Crippen LogP contribution in [0, 0.1) is 5.92 Å². The highest BCUT2D eigenvalue weighted by molar-refractivity contribution is 6.35. The number of nitrogens with zero attached hydrogens (tertiary/aromatic N) is 1. The van der Waals surface area contributed by atoms with Crippen molar-refractivity contribution in [2.45, 2.75) is 44.8 Å². The molecule has 0 radical (unpaired) electrons. The molecule has 2 heterocycles. The van der Waals surface area contributed by atoms with Crippen molar-refractivity contribution in [3.63, 3.8) is 0 Å². The molecule has 3 N–H and O–H groups in total. The van der Waals surface area contributed by atoms with Crippen molar-refractivity contribution < 1.29 is 14.4 Å². The molecule has 146 valence electrons. The molecule has 3 atom stereocenters. The van der Waals surface area contributed by atoms with E-state index in [0.717, 1.165) is 0 Å². The summed E-state index contributed by atoms with van der Waals surface area (Å²) in [5.41, 5.74) is 0.392. The van der Waals surface area contributed by atoms with Crippen molar-refractivity contribution >= 4 is 46.7 Å². The van der Waals surface area contributed by atoms with Crippen LogP contribution in [0.1, 0.15) is 26.7 Å². The molecular weight excluding hydrogens is 391 g/mol. The lowest BCUT2D eigenvalue weighted by Gasteiger charge is -2.35. The van der Waals surface area contributed by atoms with Crippen molar-refractivity contribution in [1.82, 2.24) is 15.5 Å². The Morgan fingerprint density at radius 1 is 1.33 bits per heavy atom. The Morgan fingerprint density at radius 3 is 2.78 bits per heavy atom. The number of urea groups is 1. The predicted octanol–water partition coefficient (Wildman–Crippen LogP) is 2.63. The first-order valence-electron chi connectivity index (χ1n) is 8.88. The summed E-state index contributed by atoms with van der Waals surface area (Å²) in [6.45, 7) is 4.32. The smallest absolute Gasteiger partial charge is 0.319 e. The normalized spacial score (nSPS) is 24.6. The predicted molar refractivity (Wildman–Crippen MR) is 104 cm³/mol. The topological polar surface area (TPSA) is 90.5 Å². The maximum Gasteiger partial charge on any atom is 0.319 e. The van der Waals surface area contributed by atoms with Gasteiger partial charge in [-0.15, -0.1) is 0 Å². The largest absolute Gasteiger partial charge is 0.342 e. The molecule has 3 rings (SSSR count). The van der Waals surface area contributed by atoms with Gasteiger partial charge in [0.15, 0.2) is 0 Å². The molecule has 1 aromatic rings. The molecule has 9 heteroatoms. The van der Waals surface area contributed by atoms with Gasteiger partial charge in [-0.1, -0.05) is 37.0 Å². The van der Waals surface area contributed by atoms with Gasteiger partial charge >= 0.3 is 6.03 Å². The van der Waals surface area contributed by atoms with Crippen LogP contribution in [0.3, 0.4) is 0 Å². The molecule has 0 aliphatic carbocycles. The molecule has 2 saturated heterocycles. The number of carbonyl (C=O) groups excluding carboxylic acids is 3. The Hall–Kier alpha value is -1.99. The second-order valence-electron chi connectivity index (χ2n) is 7.35. The molecule has 7 nitrogen and oxygen atoms in total. The van der Waals surface area contributed by atoms with E-state index in [1.54, 1.807) is 23.1 Å². The van der Waals surface area contributed by atoms with Gasteiger partial charge in [0.25, 0.3) is 0 Å². The minimum Gasteiger partial charge on any atom is -0.342 e. The zero-order chi connectivity index (χ0) is 19.7. The first kappa shape index (κ1) is 19.8. The highest BCUT2D eigenvalue weighted by Crippen LogP contribution is 2.27. The van der Waals surface area contributed by atoms with E-state index in [2.05, 4.69) is 16.0 Å². The molecule has 27 heavy (non-hydrogen) atoms. The molecule has 2 aliphatic rings. The fourth-order valence-corrected chi connectivity index (χ4v) is 3.87. The van der Waals surface area contributed by atoms with Crippen LogP contribution < -0.4 is 16.0 Å². The molecule has 1 aromatic carbocycles. The quantitative estimate of drug-likeness (QED) is 0.709. The number of carbonyl (C=O) groups is 3. The van der Waals surface area contributed by atoms with E-state index in [0.29, 0.717) is 41.0 Å². The lowest BCUT2D eigenvalue weighted by Crippen LogP contribution is -2.61. The van der Waals surface area contributed by atoms with Gasteiger partial charge in [-0.3, -0.25) is 9.59 Å². The third-order valence-corrected chi connectivity index (χ3v) is 5.29. The maximum absolute atomic E-state index is 12.6. The number of piperazine rings is 1. The lowest BCUT2D eigenvalue weighted by atomic mass is 9.99. The summed E-state index contributed by atoms with van der Waals surface area (Å²) in [5.74, 6) is 0.0410. The van der Waals surface area contributed by atoms with Gasteiger partial charge in [0.2, 0.25) is 11.8 Å². The summed E-state index contributed by atoms with van der Waals surface area (Å²) in [6, 6.07) is 2.95. The van der Waals surface area contributed by atoms with E-state index in [1.165, 1.54) is 0 Å². The average Bonchev–Trinajstić information content (AvgIpc) is 3.00. The van der Waals surface area contributed by atoms with Crippen LogP contribution >= 0.6 is 23.2 Å². The zero-order valence-electron chi connectivity index (χ0n) is 15.1. The van der Waals surface area contributed by atoms with Gasteiger partial charge in [-0.2, -0.15) is 0 Å². The number of rotatable bonds is 4. The number of halogens is 2. The van der Waals surface area contributed by atoms with Crippen LogP contribution in [-0.2, 0) is 9.59 Å². The highest BCUT2D eigenvalue weighted by atomic mass is 35.5. The van der Waals surface area contributed by atoms with Crippen LogP contribution in [0.5, 0.6) is 0 Å². The lowest BCUT2D eigenvalue weighted by molar-refractivity contribution is -0.147. The monoisotopic (exact) mass is 412 g/mol. The summed E-state index contributed by atoms with van der Waals surface area (Å²) in [6.07, 6.45) is 0.975. The molecule has 0 saturated carbocycles. The first-order valence-corrected chi connectivity index (χ1v) is 9.63. The number of hydrogen-bond acceptors (Lipinski definition) is 3. The van der Waals surface area contributed by atoms with Crippen molar-refractivity contribution in [2.24, 2.45) is 5.92 Å². The second-order valence-corrected chi connectivity index (χ2v) is 8.20. The molecule has 0 bridgehead atoms. The molecule has 0 aromatic heterocycles.